The van der Waals surface area contributed by atoms with E-state index in [4.69, 9.17) is 0 Å². The van der Waals surface area contributed by atoms with Gasteiger partial charge in [0, 0.05) is 44.4 Å². The molecular weight excluding hydrogens is 202 g/mol. The van der Waals surface area contributed by atoms with E-state index in [9.17, 15) is 4.79 Å². The molecule has 0 aliphatic carbocycles. The number of rotatable bonds is 2. The van der Waals surface area contributed by atoms with Gasteiger partial charge in [-0.05, 0) is 6.92 Å². The minimum absolute atomic E-state index is 0.147. The van der Waals surface area contributed by atoms with Crippen molar-refractivity contribution in [1.29, 1.82) is 0 Å². The molecule has 2 unspecified atom stereocenters. The summed E-state index contributed by atoms with van der Waals surface area (Å²) in [6, 6.07) is 0.318. The predicted molar refractivity (Wildman–Crippen MR) is 61.9 cm³/mol. The zero-order valence-corrected chi connectivity index (χ0v) is 10.2. The van der Waals surface area contributed by atoms with E-state index in [0.29, 0.717) is 18.2 Å². The summed E-state index contributed by atoms with van der Waals surface area (Å²) in [5.41, 5.74) is 0. The van der Waals surface area contributed by atoms with Crippen molar-refractivity contribution in [2.75, 3.05) is 6.54 Å². The Morgan fingerprint density at radius 3 is 2.88 bits per heavy atom. The van der Waals surface area contributed by atoms with Crippen LogP contribution in [0.25, 0.3) is 0 Å². The van der Waals surface area contributed by atoms with Crippen LogP contribution in [-0.4, -0.2) is 32.8 Å². The lowest BCUT2D eigenvalue weighted by atomic mass is 9.91. The molecule has 16 heavy (non-hydrogen) atoms. The maximum Gasteiger partial charge on any atom is 0.138 e. The summed E-state index contributed by atoms with van der Waals surface area (Å²) in [5.74, 6) is 1.60. The van der Waals surface area contributed by atoms with Gasteiger partial charge in [0.1, 0.15) is 11.6 Å². The number of nitrogens with zero attached hydrogens (tertiary/aromatic N) is 3. The Balaban J connectivity index is 2.06. The molecule has 2 atom stereocenters. The molecule has 1 aromatic heterocycles. The predicted octanol–water partition coefficient (Wildman–Crippen LogP) is 1.22. The van der Waals surface area contributed by atoms with Gasteiger partial charge in [-0.2, -0.15) is 0 Å². The smallest absolute Gasteiger partial charge is 0.138 e. The Bertz CT molecular complexity index is 385. The van der Waals surface area contributed by atoms with Crippen LogP contribution in [0.3, 0.4) is 0 Å². The molecule has 1 aliphatic rings. The fourth-order valence-corrected chi connectivity index (χ4v) is 2.22. The fraction of sp³-hybridized carbons (Fsp3) is 0.667. The highest BCUT2D eigenvalue weighted by atomic mass is 16.1. The first-order valence-corrected chi connectivity index (χ1v) is 5.82. The highest BCUT2D eigenvalue weighted by Crippen LogP contribution is 2.21. The van der Waals surface area contributed by atoms with Crippen LogP contribution in [0.4, 0.5) is 0 Å². The Morgan fingerprint density at radius 2 is 2.25 bits per heavy atom. The lowest BCUT2D eigenvalue weighted by Crippen LogP contribution is -2.46. The van der Waals surface area contributed by atoms with E-state index < -0.39 is 0 Å². The van der Waals surface area contributed by atoms with Crippen LogP contribution in [0.1, 0.15) is 26.1 Å². The second-order valence-corrected chi connectivity index (χ2v) is 4.67. The van der Waals surface area contributed by atoms with Crippen molar-refractivity contribution in [1.82, 2.24) is 14.5 Å². The molecule has 0 N–H and O–H groups in total. The van der Waals surface area contributed by atoms with Crippen LogP contribution < -0.4 is 0 Å². The van der Waals surface area contributed by atoms with Crippen molar-refractivity contribution in [2.45, 2.75) is 32.9 Å². The van der Waals surface area contributed by atoms with Crippen molar-refractivity contribution in [3.8, 4) is 0 Å². The zero-order chi connectivity index (χ0) is 11.7. The van der Waals surface area contributed by atoms with Crippen LogP contribution in [-0.2, 0) is 18.4 Å². The lowest BCUT2D eigenvalue weighted by molar-refractivity contribution is -0.128. The fourth-order valence-electron chi connectivity index (χ4n) is 2.22. The van der Waals surface area contributed by atoms with Crippen molar-refractivity contribution >= 4 is 5.78 Å². The summed E-state index contributed by atoms with van der Waals surface area (Å²) < 4.78 is 2.04. The highest BCUT2D eigenvalue weighted by Gasteiger charge is 2.30. The first kappa shape index (κ1) is 11.3. The topological polar surface area (TPSA) is 38.1 Å². The number of imidazole rings is 1. The normalized spacial score (nSPS) is 27.3. The molecule has 0 saturated carbocycles. The summed E-state index contributed by atoms with van der Waals surface area (Å²) in [5, 5.41) is 0. The summed E-state index contributed by atoms with van der Waals surface area (Å²) in [7, 11) is 2.01. The van der Waals surface area contributed by atoms with Crippen molar-refractivity contribution in [3.05, 3.63) is 18.2 Å². The quantitative estimate of drug-likeness (QED) is 0.753. The summed E-state index contributed by atoms with van der Waals surface area (Å²) in [4.78, 5) is 18.2. The Morgan fingerprint density at radius 1 is 1.50 bits per heavy atom. The van der Waals surface area contributed by atoms with Gasteiger partial charge in [0.25, 0.3) is 0 Å². The third kappa shape index (κ3) is 2.02. The van der Waals surface area contributed by atoms with Crippen molar-refractivity contribution < 1.29 is 4.79 Å². The molecule has 4 heteroatoms. The van der Waals surface area contributed by atoms with Crippen LogP contribution >= 0.6 is 0 Å². The molecule has 2 heterocycles. The molecule has 0 radical (unpaired) electrons. The Kier molecular flexibility index (Phi) is 3.10. The highest BCUT2D eigenvalue weighted by molar-refractivity contribution is 5.82. The van der Waals surface area contributed by atoms with Crippen LogP contribution in [0.15, 0.2) is 12.4 Å². The molecule has 0 spiro atoms. The van der Waals surface area contributed by atoms with Crippen LogP contribution in [0.2, 0.25) is 0 Å². The SMILES string of the molecule is CC1C(=O)CCN(Cc2nccn2C)C1C. The maximum atomic E-state index is 11.6. The summed E-state index contributed by atoms with van der Waals surface area (Å²) in [6.45, 7) is 5.85. The van der Waals surface area contributed by atoms with Gasteiger partial charge in [-0.1, -0.05) is 6.92 Å². The monoisotopic (exact) mass is 221 g/mol. The molecule has 4 nitrogen and oxygen atoms in total. The van der Waals surface area contributed by atoms with E-state index in [1.165, 1.54) is 0 Å². The van der Waals surface area contributed by atoms with Gasteiger partial charge in [-0.15, -0.1) is 0 Å². The number of hydrogen-bond acceptors (Lipinski definition) is 3. The van der Waals surface area contributed by atoms with Crippen molar-refractivity contribution in [2.24, 2.45) is 13.0 Å². The number of Topliss-reactive ketones (excluding diaryl/α,β-unsaturated/α-hetero) is 1. The Hall–Kier alpha value is -1.16. The lowest BCUT2D eigenvalue weighted by Gasteiger charge is -2.36. The Labute approximate surface area is 96.3 Å². The van der Waals surface area contributed by atoms with Crippen molar-refractivity contribution in [3.63, 3.8) is 0 Å². The molecule has 1 aromatic rings. The average Bonchev–Trinajstić information content (AvgIpc) is 2.65. The zero-order valence-electron chi connectivity index (χ0n) is 10.2. The first-order valence-electron chi connectivity index (χ1n) is 5.82. The number of carbonyl (C=O) groups is 1. The van der Waals surface area contributed by atoms with E-state index >= 15 is 0 Å². The van der Waals surface area contributed by atoms with Gasteiger partial charge >= 0.3 is 0 Å². The van der Waals surface area contributed by atoms with Gasteiger partial charge < -0.3 is 4.57 Å². The molecule has 1 saturated heterocycles. The van der Waals surface area contributed by atoms with E-state index in [1.54, 1.807) is 0 Å². The number of piperidine rings is 1. The largest absolute Gasteiger partial charge is 0.337 e. The van der Waals surface area contributed by atoms with E-state index in [0.717, 1.165) is 18.9 Å². The molecule has 0 bridgehead atoms. The van der Waals surface area contributed by atoms with Crippen LogP contribution in [0.5, 0.6) is 0 Å². The van der Waals surface area contributed by atoms with E-state index in [1.807, 2.05) is 30.9 Å². The maximum absolute atomic E-state index is 11.6. The van der Waals surface area contributed by atoms with Crippen LogP contribution in [0, 0.1) is 5.92 Å². The van der Waals surface area contributed by atoms with Gasteiger partial charge in [-0.25, -0.2) is 4.98 Å². The number of hydrogen-bond donors (Lipinski definition) is 0. The van der Waals surface area contributed by atoms with E-state index in [-0.39, 0.29) is 5.92 Å². The number of likely N-dealkylation sites (tertiary alicyclic amines) is 1. The van der Waals surface area contributed by atoms with Gasteiger partial charge in [0.15, 0.2) is 0 Å². The summed E-state index contributed by atoms with van der Waals surface area (Å²) >= 11 is 0. The molecular formula is C12H19N3O. The third-order valence-corrected chi connectivity index (χ3v) is 3.72. The second-order valence-electron chi connectivity index (χ2n) is 4.67. The number of carbonyl (C=O) groups excluding carboxylic acids is 1. The minimum atomic E-state index is 0.147. The number of aryl methyl sites for hydroxylation is 1. The molecule has 0 aromatic carbocycles. The first-order chi connectivity index (χ1) is 7.59. The average molecular weight is 221 g/mol. The molecule has 1 aliphatic heterocycles. The second kappa shape index (κ2) is 4.37. The third-order valence-electron chi connectivity index (χ3n) is 3.72. The number of ketones is 1. The molecule has 0 amide bonds. The van der Waals surface area contributed by atoms with Gasteiger partial charge in [0.2, 0.25) is 0 Å². The molecule has 2 rings (SSSR count). The molecule has 1 fully saturated rings. The van der Waals surface area contributed by atoms with E-state index in [2.05, 4.69) is 16.8 Å². The van der Waals surface area contributed by atoms with Gasteiger partial charge in [0.05, 0.1) is 6.54 Å². The minimum Gasteiger partial charge on any atom is -0.337 e. The molecule has 88 valence electrons. The number of aromatic nitrogens is 2. The van der Waals surface area contributed by atoms with Gasteiger partial charge in [-0.3, -0.25) is 9.69 Å². The summed E-state index contributed by atoms with van der Waals surface area (Å²) in [6.07, 6.45) is 4.45. The standard InChI is InChI=1S/C12H19N3O/c1-9-10(2)15(6-4-11(9)16)8-12-13-5-7-14(12)3/h5,7,9-10H,4,6,8H2,1-3H3.